The molecule has 0 saturated carbocycles. The zero-order valence-electron chi connectivity index (χ0n) is 10.4. The lowest BCUT2D eigenvalue weighted by atomic mass is 10.1. The van der Waals surface area contributed by atoms with Gasteiger partial charge in [-0.1, -0.05) is 38.5 Å². The van der Waals surface area contributed by atoms with Crippen molar-refractivity contribution >= 4 is 12.0 Å². The Morgan fingerprint density at radius 3 is 1.82 bits per heavy atom. The third-order valence-corrected chi connectivity index (χ3v) is 2.62. The molecule has 5 nitrogen and oxygen atoms in total. The first-order valence-corrected chi connectivity index (χ1v) is 6.38. The van der Waals surface area contributed by atoms with Gasteiger partial charge >= 0.3 is 12.0 Å². The molecular weight excluding hydrogens is 220 g/mol. The van der Waals surface area contributed by atoms with Crippen LogP contribution in [0, 0.1) is 0 Å². The van der Waals surface area contributed by atoms with Gasteiger partial charge in [0, 0.05) is 13.0 Å². The molecular formula is C12H24N2O3. The number of nitrogens with one attached hydrogen (secondary N) is 1. The Morgan fingerprint density at radius 2 is 1.35 bits per heavy atom. The van der Waals surface area contributed by atoms with Crippen molar-refractivity contribution in [1.82, 2.24) is 5.32 Å². The maximum atomic E-state index is 10.4. The van der Waals surface area contributed by atoms with E-state index in [4.69, 9.17) is 10.8 Å². The average molecular weight is 244 g/mol. The first-order valence-electron chi connectivity index (χ1n) is 6.38. The Bertz CT molecular complexity index is 198. The van der Waals surface area contributed by atoms with Crippen molar-refractivity contribution in [2.75, 3.05) is 6.54 Å². The first-order chi connectivity index (χ1) is 8.13. The lowest BCUT2D eigenvalue weighted by Gasteiger charge is -2.02. The lowest BCUT2D eigenvalue weighted by molar-refractivity contribution is -0.137. The van der Waals surface area contributed by atoms with E-state index in [1.54, 1.807) is 0 Å². The van der Waals surface area contributed by atoms with Crippen molar-refractivity contribution in [1.29, 1.82) is 0 Å². The molecule has 0 aromatic carbocycles. The molecule has 0 fully saturated rings. The predicted molar refractivity (Wildman–Crippen MR) is 66.8 cm³/mol. The molecule has 0 aromatic heterocycles. The summed E-state index contributed by atoms with van der Waals surface area (Å²) in [6, 6.07) is -0.455. The standard InChI is InChI=1S/C12H24N2O3/c13-12(17)14-10-8-6-4-2-1-3-5-7-9-11(15)16/h1-10H2,(H,15,16)(H3,13,14,17). The summed E-state index contributed by atoms with van der Waals surface area (Å²) in [6.45, 7) is 0.661. The summed E-state index contributed by atoms with van der Waals surface area (Å²) < 4.78 is 0. The monoisotopic (exact) mass is 244 g/mol. The number of nitrogens with two attached hydrogens (primary N) is 1. The number of carboxylic acid groups (broad SMARTS) is 1. The van der Waals surface area contributed by atoms with Crippen LogP contribution in [0.2, 0.25) is 0 Å². The van der Waals surface area contributed by atoms with E-state index in [0.29, 0.717) is 13.0 Å². The van der Waals surface area contributed by atoms with Gasteiger partial charge in [-0.25, -0.2) is 4.79 Å². The number of carbonyl (C=O) groups excluding carboxylic acids is 1. The van der Waals surface area contributed by atoms with Gasteiger partial charge in [0.25, 0.3) is 0 Å². The van der Waals surface area contributed by atoms with E-state index in [1.165, 1.54) is 19.3 Å². The van der Waals surface area contributed by atoms with E-state index in [2.05, 4.69) is 5.32 Å². The Hall–Kier alpha value is -1.26. The van der Waals surface area contributed by atoms with Crippen molar-refractivity contribution in [2.24, 2.45) is 5.73 Å². The van der Waals surface area contributed by atoms with Crippen molar-refractivity contribution in [3.05, 3.63) is 0 Å². The van der Waals surface area contributed by atoms with Crippen LogP contribution in [-0.2, 0) is 4.79 Å². The second-order valence-electron chi connectivity index (χ2n) is 4.26. The highest BCUT2D eigenvalue weighted by molar-refractivity contribution is 5.71. The quantitative estimate of drug-likeness (QED) is 0.487. The normalized spacial score (nSPS) is 10.1. The number of primary amides is 1. The highest BCUT2D eigenvalue weighted by Crippen LogP contribution is 2.09. The molecule has 0 saturated heterocycles. The summed E-state index contributed by atoms with van der Waals surface area (Å²) in [6.07, 6.45) is 8.81. The number of rotatable bonds is 11. The fourth-order valence-electron chi connectivity index (χ4n) is 1.67. The summed E-state index contributed by atoms with van der Waals surface area (Å²) in [5.41, 5.74) is 4.93. The van der Waals surface area contributed by atoms with Gasteiger partial charge in [0.05, 0.1) is 0 Å². The number of hydrogen-bond donors (Lipinski definition) is 3. The molecule has 0 spiro atoms. The molecule has 0 radical (unpaired) electrons. The average Bonchev–Trinajstić information content (AvgIpc) is 2.25. The molecule has 0 aliphatic carbocycles. The summed E-state index contributed by atoms with van der Waals surface area (Å²) >= 11 is 0. The zero-order valence-corrected chi connectivity index (χ0v) is 10.4. The van der Waals surface area contributed by atoms with Gasteiger partial charge in [0.15, 0.2) is 0 Å². The number of amides is 2. The molecule has 0 bridgehead atoms. The van der Waals surface area contributed by atoms with E-state index in [9.17, 15) is 9.59 Å². The van der Waals surface area contributed by atoms with Crippen molar-refractivity contribution in [3.63, 3.8) is 0 Å². The first kappa shape index (κ1) is 15.7. The van der Waals surface area contributed by atoms with Crippen LogP contribution in [0.3, 0.4) is 0 Å². The Balaban J connectivity index is 2.98. The predicted octanol–water partition coefficient (Wildman–Crippen LogP) is 2.25. The number of carbonyl (C=O) groups is 2. The molecule has 0 aliphatic rings. The number of hydrogen-bond acceptors (Lipinski definition) is 2. The van der Waals surface area contributed by atoms with Crippen LogP contribution >= 0.6 is 0 Å². The van der Waals surface area contributed by atoms with E-state index in [0.717, 1.165) is 32.1 Å². The highest BCUT2D eigenvalue weighted by Gasteiger charge is 1.96. The topological polar surface area (TPSA) is 92.4 Å². The number of urea groups is 1. The van der Waals surface area contributed by atoms with Gasteiger partial charge in [0.2, 0.25) is 0 Å². The van der Waals surface area contributed by atoms with E-state index < -0.39 is 12.0 Å². The van der Waals surface area contributed by atoms with E-state index >= 15 is 0 Å². The van der Waals surface area contributed by atoms with Crippen molar-refractivity contribution in [3.8, 4) is 0 Å². The Kier molecular flexibility index (Phi) is 10.4. The summed E-state index contributed by atoms with van der Waals surface area (Å²) in [7, 11) is 0. The van der Waals surface area contributed by atoms with Crippen LogP contribution in [0.25, 0.3) is 0 Å². The van der Waals surface area contributed by atoms with Gasteiger partial charge < -0.3 is 16.2 Å². The SMILES string of the molecule is NC(=O)NCCCCCCCCCCC(=O)O. The molecule has 0 aliphatic heterocycles. The fourth-order valence-corrected chi connectivity index (χ4v) is 1.67. The molecule has 0 rings (SSSR count). The second-order valence-corrected chi connectivity index (χ2v) is 4.26. The van der Waals surface area contributed by atoms with Gasteiger partial charge in [-0.15, -0.1) is 0 Å². The van der Waals surface area contributed by atoms with Crippen LogP contribution in [0.5, 0.6) is 0 Å². The maximum Gasteiger partial charge on any atom is 0.312 e. The zero-order chi connectivity index (χ0) is 12.9. The number of aliphatic carboxylic acids is 1. The van der Waals surface area contributed by atoms with Crippen LogP contribution in [0.15, 0.2) is 0 Å². The minimum Gasteiger partial charge on any atom is -0.481 e. The molecule has 4 N–H and O–H groups in total. The molecule has 100 valence electrons. The summed E-state index contributed by atoms with van der Waals surface area (Å²) in [5, 5.41) is 11.0. The number of carboxylic acids is 1. The van der Waals surface area contributed by atoms with Crippen LogP contribution in [0.1, 0.15) is 57.8 Å². The largest absolute Gasteiger partial charge is 0.481 e. The molecule has 5 heteroatoms. The molecule has 0 heterocycles. The van der Waals surface area contributed by atoms with Gasteiger partial charge in [-0.05, 0) is 12.8 Å². The van der Waals surface area contributed by atoms with Gasteiger partial charge in [-0.3, -0.25) is 4.79 Å². The van der Waals surface area contributed by atoms with Crippen LogP contribution in [-0.4, -0.2) is 23.7 Å². The molecule has 17 heavy (non-hydrogen) atoms. The van der Waals surface area contributed by atoms with Crippen LogP contribution in [0.4, 0.5) is 4.79 Å². The van der Waals surface area contributed by atoms with Gasteiger partial charge in [-0.2, -0.15) is 0 Å². The molecule has 0 aromatic rings. The summed E-state index contributed by atoms with van der Waals surface area (Å²) in [4.78, 5) is 20.6. The van der Waals surface area contributed by atoms with Gasteiger partial charge in [0.1, 0.15) is 0 Å². The Morgan fingerprint density at radius 1 is 0.882 bits per heavy atom. The highest BCUT2D eigenvalue weighted by atomic mass is 16.4. The van der Waals surface area contributed by atoms with Crippen molar-refractivity contribution < 1.29 is 14.7 Å². The lowest BCUT2D eigenvalue weighted by Crippen LogP contribution is -2.29. The van der Waals surface area contributed by atoms with Crippen LogP contribution < -0.4 is 11.1 Å². The third kappa shape index (κ3) is 14.7. The number of unbranched alkanes of at least 4 members (excludes halogenated alkanes) is 7. The summed E-state index contributed by atoms with van der Waals surface area (Å²) in [5.74, 6) is -0.702. The minimum atomic E-state index is -0.702. The van der Waals surface area contributed by atoms with E-state index in [1.807, 2.05) is 0 Å². The van der Waals surface area contributed by atoms with Crippen molar-refractivity contribution in [2.45, 2.75) is 57.8 Å². The molecule has 0 unspecified atom stereocenters. The molecule has 0 atom stereocenters. The smallest absolute Gasteiger partial charge is 0.312 e. The Labute approximate surface area is 103 Å². The van der Waals surface area contributed by atoms with E-state index in [-0.39, 0.29) is 0 Å². The minimum absolute atomic E-state index is 0.290. The maximum absolute atomic E-state index is 10.4. The fraction of sp³-hybridized carbons (Fsp3) is 0.833. The third-order valence-electron chi connectivity index (χ3n) is 2.62. The second kappa shape index (κ2) is 11.2. The molecule has 2 amide bonds.